The van der Waals surface area contributed by atoms with Crippen molar-refractivity contribution in [2.45, 2.75) is 25.6 Å². The van der Waals surface area contributed by atoms with Crippen molar-refractivity contribution in [1.29, 1.82) is 0 Å². The highest BCUT2D eigenvalue weighted by atomic mass is 79.9. The van der Waals surface area contributed by atoms with Gasteiger partial charge in [0.15, 0.2) is 0 Å². The molecular formula is C18H17BrS. The Kier molecular flexibility index (Phi) is 3.70. The lowest BCUT2D eigenvalue weighted by molar-refractivity contribution is 1.13. The van der Waals surface area contributed by atoms with Crippen molar-refractivity contribution in [2.75, 3.05) is 0 Å². The van der Waals surface area contributed by atoms with E-state index in [0.717, 1.165) is 0 Å². The number of halogens is 1. The number of hydrogen-bond donors (Lipinski definition) is 0. The minimum atomic E-state index is 0.278. The normalized spacial score (nSPS) is 12.8. The quantitative estimate of drug-likeness (QED) is 0.477. The van der Waals surface area contributed by atoms with Gasteiger partial charge in [0, 0.05) is 9.58 Å². The van der Waals surface area contributed by atoms with E-state index >= 15 is 0 Å². The van der Waals surface area contributed by atoms with Crippen LogP contribution >= 0.6 is 27.3 Å². The van der Waals surface area contributed by atoms with Gasteiger partial charge < -0.3 is 0 Å². The maximum absolute atomic E-state index is 3.91. The van der Waals surface area contributed by atoms with E-state index in [1.165, 1.54) is 37.2 Å². The van der Waals surface area contributed by atoms with E-state index in [9.17, 15) is 0 Å². The van der Waals surface area contributed by atoms with Crippen LogP contribution in [0.15, 0.2) is 42.5 Å². The zero-order valence-corrected chi connectivity index (χ0v) is 14.3. The minimum Gasteiger partial charge on any atom is -0.139 e. The van der Waals surface area contributed by atoms with Gasteiger partial charge in [0.25, 0.3) is 0 Å². The third-order valence-electron chi connectivity index (χ3n) is 3.69. The second-order valence-corrected chi connectivity index (χ2v) is 7.39. The van der Waals surface area contributed by atoms with Crippen molar-refractivity contribution in [3.8, 4) is 0 Å². The van der Waals surface area contributed by atoms with Crippen LogP contribution in [0, 0.1) is 20.8 Å². The molecule has 2 heteroatoms. The first-order valence-corrected chi connectivity index (χ1v) is 8.50. The van der Waals surface area contributed by atoms with Gasteiger partial charge in [0.05, 0.1) is 4.83 Å². The maximum atomic E-state index is 3.91. The molecule has 0 aliphatic heterocycles. The Labute approximate surface area is 132 Å². The van der Waals surface area contributed by atoms with Crippen LogP contribution in [0.25, 0.3) is 10.1 Å². The van der Waals surface area contributed by atoms with E-state index in [0.29, 0.717) is 0 Å². The molecule has 1 unspecified atom stereocenters. The lowest BCUT2D eigenvalue weighted by Gasteiger charge is -2.16. The fourth-order valence-electron chi connectivity index (χ4n) is 2.86. The van der Waals surface area contributed by atoms with E-state index in [1.54, 1.807) is 0 Å². The number of rotatable bonds is 2. The fraction of sp³-hybridized carbons (Fsp3) is 0.222. The molecule has 0 amide bonds. The van der Waals surface area contributed by atoms with Crippen molar-refractivity contribution in [1.82, 2.24) is 0 Å². The molecule has 1 atom stereocenters. The number of fused-ring (bicyclic) bond motifs is 1. The molecular weight excluding hydrogens is 328 g/mol. The molecule has 3 rings (SSSR count). The first-order valence-electron chi connectivity index (χ1n) is 6.76. The van der Waals surface area contributed by atoms with E-state index in [4.69, 9.17) is 0 Å². The molecule has 3 aromatic rings. The van der Waals surface area contributed by atoms with Gasteiger partial charge in [-0.1, -0.05) is 51.8 Å². The molecule has 0 aliphatic rings. The zero-order valence-electron chi connectivity index (χ0n) is 11.9. The van der Waals surface area contributed by atoms with Crippen LogP contribution in [0.1, 0.15) is 32.0 Å². The van der Waals surface area contributed by atoms with Crippen LogP contribution in [-0.2, 0) is 0 Å². The highest BCUT2D eigenvalue weighted by molar-refractivity contribution is 9.09. The highest BCUT2D eigenvalue weighted by Crippen LogP contribution is 2.40. The van der Waals surface area contributed by atoms with Crippen molar-refractivity contribution >= 4 is 37.4 Å². The Balaban J connectivity index is 2.10. The third-order valence-corrected chi connectivity index (χ3v) is 6.12. The summed E-state index contributed by atoms with van der Waals surface area (Å²) in [6.45, 7) is 6.57. The van der Waals surface area contributed by atoms with Crippen LogP contribution in [0.2, 0.25) is 0 Å². The molecule has 0 fully saturated rings. The molecule has 0 nitrogen and oxygen atoms in total. The van der Waals surface area contributed by atoms with Crippen LogP contribution in [0.4, 0.5) is 0 Å². The summed E-state index contributed by atoms with van der Waals surface area (Å²) in [5, 5.41) is 1.33. The predicted octanol–water partition coefficient (Wildman–Crippen LogP) is 6.31. The number of thiophene rings is 1. The molecule has 0 radical (unpaired) electrons. The lowest BCUT2D eigenvalue weighted by Crippen LogP contribution is -1.98. The van der Waals surface area contributed by atoms with Crippen molar-refractivity contribution in [3.05, 3.63) is 69.6 Å². The van der Waals surface area contributed by atoms with Crippen LogP contribution in [-0.4, -0.2) is 0 Å². The first-order chi connectivity index (χ1) is 9.56. The molecule has 1 aromatic heterocycles. The molecule has 0 spiro atoms. The monoisotopic (exact) mass is 344 g/mol. The Morgan fingerprint density at radius 1 is 0.950 bits per heavy atom. The number of aryl methyl sites for hydroxylation is 3. The van der Waals surface area contributed by atoms with E-state index < -0.39 is 0 Å². The van der Waals surface area contributed by atoms with Crippen molar-refractivity contribution in [3.63, 3.8) is 0 Å². The van der Waals surface area contributed by atoms with Gasteiger partial charge in [-0.15, -0.1) is 11.3 Å². The number of alkyl halides is 1. The SMILES string of the molecule is Cc1cc(C)c(C(Br)c2cc3ccccc3s2)c(C)c1. The smallest absolute Gasteiger partial charge is 0.0743 e. The lowest BCUT2D eigenvalue weighted by atomic mass is 9.96. The molecule has 2 aromatic carbocycles. The van der Waals surface area contributed by atoms with Gasteiger partial charge in [-0.05, 0) is 55.0 Å². The van der Waals surface area contributed by atoms with Crippen LogP contribution in [0.3, 0.4) is 0 Å². The standard InChI is InChI=1S/C18H17BrS/c1-11-8-12(2)17(13(3)9-11)18(19)16-10-14-6-4-5-7-15(14)20-16/h4-10,18H,1-3H3. The molecule has 1 heterocycles. The minimum absolute atomic E-state index is 0.278. The molecule has 0 saturated carbocycles. The first kappa shape index (κ1) is 13.8. The Morgan fingerprint density at radius 3 is 2.25 bits per heavy atom. The van der Waals surface area contributed by atoms with Gasteiger partial charge >= 0.3 is 0 Å². The molecule has 102 valence electrons. The summed E-state index contributed by atoms with van der Waals surface area (Å²) < 4.78 is 1.36. The van der Waals surface area contributed by atoms with Gasteiger partial charge in [-0.2, -0.15) is 0 Å². The van der Waals surface area contributed by atoms with Crippen LogP contribution in [0.5, 0.6) is 0 Å². The van der Waals surface area contributed by atoms with Gasteiger partial charge in [-0.25, -0.2) is 0 Å². The fourth-order valence-corrected chi connectivity index (χ4v) is 5.05. The average Bonchev–Trinajstić information content (AvgIpc) is 2.81. The molecule has 0 saturated heterocycles. The Bertz CT molecular complexity index is 714. The van der Waals surface area contributed by atoms with Crippen molar-refractivity contribution in [2.24, 2.45) is 0 Å². The maximum Gasteiger partial charge on any atom is 0.0743 e. The molecule has 0 N–H and O–H groups in total. The van der Waals surface area contributed by atoms with Crippen LogP contribution < -0.4 is 0 Å². The van der Waals surface area contributed by atoms with Gasteiger partial charge in [0.2, 0.25) is 0 Å². The number of benzene rings is 2. The average molecular weight is 345 g/mol. The topological polar surface area (TPSA) is 0 Å². The largest absolute Gasteiger partial charge is 0.139 e. The van der Waals surface area contributed by atoms with E-state index in [2.05, 4.69) is 79.2 Å². The highest BCUT2D eigenvalue weighted by Gasteiger charge is 2.17. The summed E-state index contributed by atoms with van der Waals surface area (Å²) in [4.78, 5) is 1.65. The molecule has 20 heavy (non-hydrogen) atoms. The van der Waals surface area contributed by atoms with E-state index in [-0.39, 0.29) is 4.83 Å². The summed E-state index contributed by atoms with van der Waals surface area (Å²) >= 11 is 5.78. The second-order valence-electron chi connectivity index (χ2n) is 5.36. The second kappa shape index (κ2) is 5.34. The molecule has 0 bridgehead atoms. The van der Waals surface area contributed by atoms with Gasteiger partial charge in [0.1, 0.15) is 0 Å². The Hall–Kier alpha value is -1.12. The summed E-state index contributed by atoms with van der Waals surface area (Å²) in [5.74, 6) is 0. The molecule has 0 aliphatic carbocycles. The summed E-state index contributed by atoms with van der Waals surface area (Å²) in [6.07, 6.45) is 0. The number of hydrogen-bond acceptors (Lipinski definition) is 1. The Morgan fingerprint density at radius 2 is 1.60 bits per heavy atom. The zero-order chi connectivity index (χ0) is 14.3. The van der Waals surface area contributed by atoms with Crippen molar-refractivity contribution < 1.29 is 0 Å². The summed E-state index contributed by atoms with van der Waals surface area (Å²) in [6, 6.07) is 15.4. The third kappa shape index (κ3) is 2.43. The summed E-state index contributed by atoms with van der Waals surface area (Å²) in [7, 11) is 0. The van der Waals surface area contributed by atoms with E-state index in [1.807, 2.05) is 11.3 Å². The summed E-state index contributed by atoms with van der Waals surface area (Å²) in [5.41, 5.74) is 5.46. The predicted molar refractivity (Wildman–Crippen MR) is 93.2 cm³/mol. The van der Waals surface area contributed by atoms with Gasteiger partial charge in [-0.3, -0.25) is 0 Å².